The normalized spacial score (nSPS) is 12.7. The summed E-state index contributed by atoms with van der Waals surface area (Å²) in [4.78, 5) is 5.62. The Labute approximate surface area is 108 Å². The summed E-state index contributed by atoms with van der Waals surface area (Å²) in [5, 5.41) is 5.42. The van der Waals surface area contributed by atoms with E-state index in [0.717, 1.165) is 10.2 Å². The van der Waals surface area contributed by atoms with E-state index in [0.29, 0.717) is 0 Å². The maximum absolute atomic E-state index is 4.33. The molecule has 0 amide bonds. The third-order valence-corrected chi connectivity index (χ3v) is 4.19. The SMILES string of the molecule is CNC(c1ccc(C)nc1)c1cc(Br)cs1. The topological polar surface area (TPSA) is 24.9 Å². The summed E-state index contributed by atoms with van der Waals surface area (Å²) in [6.45, 7) is 2.00. The lowest BCUT2D eigenvalue weighted by atomic mass is 10.1. The maximum atomic E-state index is 4.33. The van der Waals surface area contributed by atoms with Crippen LogP contribution in [0, 0.1) is 6.92 Å². The molecule has 0 radical (unpaired) electrons. The van der Waals surface area contributed by atoms with Gasteiger partial charge in [0.05, 0.1) is 6.04 Å². The molecule has 0 bridgehead atoms. The number of hydrogen-bond acceptors (Lipinski definition) is 3. The van der Waals surface area contributed by atoms with Gasteiger partial charge in [0, 0.05) is 26.6 Å². The number of pyridine rings is 1. The number of nitrogens with zero attached hydrogens (tertiary/aromatic N) is 1. The molecule has 2 aromatic heterocycles. The minimum absolute atomic E-state index is 0.226. The molecule has 0 saturated carbocycles. The van der Waals surface area contributed by atoms with Gasteiger partial charge in [0.25, 0.3) is 0 Å². The number of halogens is 1. The van der Waals surface area contributed by atoms with Crippen LogP contribution in [-0.4, -0.2) is 12.0 Å². The van der Waals surface area contributed by atoms with Gasteiger partial charge in [-0.25, -0.2) is 0 Å². The first-order valence-corrected chi connectivity index (χ1v) is 6.71. The lowest BCUT2D eigenvalue weighted by Crippen LogP contribution is -2.16. The number of hydrogen-bond donors (Lipinski definition) is 1. The molecule has 0 saturated heterocycles. The quantitative estimate of drug-likeness (QED) is 0.937. The summed E-state index contributed by atoms with van der Waals surface area (Å²) < 4.78 is 1.13. The molecule has 2 rings (SSSR count). The lowest BCUT2D eigenvalue weighted by Gasteiger charge is -2.14. The molecule has 2 nitrogen and oxygen atoms in total. The smallest absolute Gasteiger partial charge is 0.0684 e. The zero-order valence-corrected chi connectivity index (χ0v) is 11.6. The van der Waals surface area contributed by atoms with Gasteiger partial charge in [-0.15, -0.1) is 11.3 Å². The molecular formula is C12H13BrN2S. The van der Waals surface area contributed by atoms with Crippen LogP contribution in [0.1, 0.15) is 22.2 Å². The molecule has 1 unspecified atom stereocenters. The van der Waals surface area contributed by atoms with E-state index in [9.17, 15) is 0 Å². The van der Waals surface area contributed by atoms with Gasteiger partial charge in [-0.2, -0.15) is 0 Å². The van der Waals surface area contributed by atoms with Crippen LogP contribution in [-0.2, 0) is 0 Å². The summed E-state index contributed by atoms with van der Waals surface area (Å²) >= 11 is 5.22. The molecule has 0 aliphatic carbocycles. The summed E-state index contributed by atoms with van der Waals surface area (Å²) in [6, 6.07) is 6.54. The summed E-state index contributed by atoms with van der Waals surface area (Å²) in [7, 11) is 1.97. The van der Waals surface area contributed by atoms with Crippen LogP contribution in [0.2, 0.25) is 0 Å². The van der Waals surface area contributed by atoms with Crippen molar-refractivity contribution in [1.29, 1.82) is 0 Å². The Morgan fingerprint density at radius 3 is 2.75 bits per heavy atom. The molecular weight excluding hydrogens is 284 g/mol. The number of rotatable bonds is 3. The summed E-state index contributed by atoms with van der Waals surface area (Å²) in [6.07, 6.45) is 1.93. The first-order chi connectivity index (χ1) is 7.70. The van der Waals surface area contributed by atoms with Crippen molar-refractivity contribution in [3.63, 3.8) is 0 Å². The van der Waals surface area contributed by atoms with Gasteiger partial charge in [-0.3, -0.25) is 4.98 Å². The fraction of sp³-hybridized carbons (Fsp3) is 0.250. The zero-order chi connectivity index (χ0) is 11.5. The molecule has 0 aliphatic heterocycles. The second kappa shape index (κ2) is 5.08. The highest BCUT2D eigenvalue weighted by molar-refractivity contribution is 9.10. The zero-order valence-electron chi connectivity index (χ0n) is 9.20. The highest BCUT2D eigenvalue weighted by Crippen LogP contribution is 2.29. The van der Waals surface area contributed by atoms with Gasteiger partial charge in [-0.1, -0.05) is 6.07 Å². The van der Waals surface area contributed by atoms with Crippen LogP contribution in [0.5, 0.6) is 0 Å². The van der Waals surface area contributed by atoms with Gasteiger partial charge in [0.1, 0.15) is 0 Å². The van der Waals surface area contributed by atoms with Crippen molar-refractivity contribution in [1.82, 2.24) is 10.3 Å². The second-order valence-electron chi connectivity index (χ2n) is 3.62. The predicted molar refractivity (Wildman–Crippen MR) is 71.9 cm³/mol. The van der Waals surface area contributed by atoms with E-state index >= 15 is 0 Å². The molecule has 4 heteroatoms. The average molecular weight is 297 g/mol. The molecule has 2 aromatic rings. The molecule has 84 valence electrons. The molecule has 2 heterocycles. The summed E-state index contributed by atoms with van der Waals surface area (Å²) in [5.74, 6) is 0. The first kappa shape index (κ1) is 11.8. The Bertz CT molecular complexity index is 464. The second-order valence-corrected chi connectivity index (χ2v) is 5.48. The van der Waals surface area contributed by atoms with Gasteiger partial charge in [-0.05, 0) is 47.6 Å². The molecule has 0 aromatic carbocycles. The largest absolute Gasteiger partial charge is 0.309 e. The number of aryl methyl sites for hydroxylation is 1. The molecule has 0 fully saturated rings. The van der Waals surface area contributed by atoms with Gasteiger partial charge >= 0.3 is 0 Å². The monoisotopic (exact) mass is 296 g/mol. The Balaban J connectivity index is 2.32. The third-order valence-electron chi connectivity index (χ3n) is 2.43. The van der Waals surface area contributed by atoms with Crippen LogP contribution in [0.25, 0.3) is 0 Å². The third kappa shape index (κ3) is 2.51. The Morgan fingerprint density at radius 2 is 2.25 bits per heavy atom. The van der Waals surface area contributed by atoms with E-state index in [-0.39, 0.29) is 6.04 Å². The number of nitrogens with one attached hydrogen (secondary N) is 1. The number of aromatic nitrogens is 1. The van der Waals surface area contributed by atoms with Crippen LogP contribution in [0.4, 0.5) is 0 Å². The van der Waals surface area contributed by atoms with Crippen molar-refractivity contribution in [2.45, 2.75) is 13.0 Å². The molecule has 0 aliphatic rings. The molecule has 1 N–H and O–H groups in total. The van der Waals surface area contributed by atoms with E-state index in [2.05, 4.69) is 43.7 Å². The molecule has 0 spiro atoms. The van der Waals surface area contributed by atoms with Crippen molar-refractivity contribution in [3.05, 3.63) is 50.4 Å². The average Bonchev–Trinajstić information content (AvgIpc) is 2.69. The standard InChI is InChI=1S/C12H13BrN2S/c1-8-3-4-9(6-15-8)12(14-2)11-5-10(13)7-16-11/h3-7,12,14H,1-2H3. The fourth-order valence-corrected chi connectivity index (χ4v) is 3.18. The molecule has 16 heavy (non-hydrogen) atoms. The van der Waals surface area contributed by atoms with E-state index in [1.165, 1.54) is 10.4 Å². The lowest BCUT2D eigenvalue weighted by molar-refractivity contribution is 0.700. The van der Waals surface area contributed by atoms with Crippen LogP contribution < -0.4 is 5.32 Å². The molecule has 1 atom stereocenters. The highest BCUT2D eigenvalue weighted by atomic mass is 79.9. The van der Waals surface area contributed by atoms with Gasteiger partial charge < -0.3 is 5.32 Å². The Hall–Kier alpha value is -0.710. The van der Waals surface area contributed by atoms with Crippen molar-refractivity contribution in [2.24, 2.45) is 0 Å². The highest BCUT2D eigenvalue weighted by Gasteiger charge is 2.13. The first-order valence-electron chi connectivity index (χ1n) is 5.04. The Morgan fingerprint density at radius 1 is 1.44 bits per heavy atom. The van der Waals surface area contributed by atoms with Crippen molar-refractivity contribution >= 4 is 27.3 Å². The van der Waals surface area contributed by atoms with Crippen LogP contribution in [0.15, 0.2) is 34.2 Å². The van der Waals surface area contributed by atoms with Gasteiger partial charge in [0.15, 0.2) is 0 Å². The Kier molecular flexibility index (Phi) is 3.74. The van der Waals surface area contributed by atoms with E-state index < -0.39 is 0 Å². The summed E-state index contributed by atoms with van der Waals surface area (Å²) in [5.41, 5.74) is 2.24. The van der Waals surface area contributed by atoms with Crippen LogP contribution >= 0.6 is 27.3 Å². The minimum atomic E-state index is 0.226. The maximum Gasteiger partial charge on any atom is 0.0684 e. The van der Waals surface area contributed by atoms with Gasteiger partial charge in [0.2, 0.25) is 0 Å². The minimum Gasteiger partial charge on any atom is -0.309 e. The van der Waals surface area contributed by atoms with Crippen LogP contribution in [0.3, 0.4) is 0 Å². The van der Waals surface area contributed by atoms with Crippen molar-refractivity contribution < 1.29 is 0 Å². The van der Waals surface area contributed by atoms with E-state index in [1.54, 1.807) is 11.3 Å². The predicted octanol–water partition coefficient (Wildman–Crippen LogP) is 3.52. The number of thiophene rings is 1. The van der Waals surface area contributed by atoms with E-state index in [1.807, 2.05) is 26.2 Å². The fourth-order valence-electron chi connectivity index (χ4n) is 1.60. The van der Waals surface area contributed by atoms with E-state index in [4.69, 9.17) is 0 Å². The van der Waals surface area contributed by atoms with Crippen molar-refractivity contribution in [2.75, 3.05) is 7.05 Å². The van der Waals surface area contributed by atoms with Crippen molar-refractivity contribution in [3.8, 4) is 0 Å².